The molecule has 140 valence electrons. The number of rotatable bonds is 5. The molecule has 0 saturated carbocycles. The second-order valence-corrected chi connectivity index (χ2v) is 6.99. The van der Waals surface area contributed by atoms with Crippen LogP contribution in [-0.2, 0) is 0 Å². The molecule has 0 aliphatic heterocycles. The highest BCUT2D eigenvalue weighted by atomic mass is 32.2. The Balaban J connectivity index is 1.75. The molecule has 2 N–H and O–H groups in total. The van der Waals surface area contributed by atoms with Crippen LogP contribution < -0.4 is 4.74 Å². The smallest absolute Gasteiger partial charge is 0.342 e. The lowest BCUT2D eigenvalue weighted by Crippen LogP contribution is -2.03. The lowest BCUT2D eigenvalue weighted by Gasteiger charge is -2.10. The van der Waals surface area contributed by atoms with E-state index in [1.807, 2.05) is 48.5 Å². The predicted octanol–water partition coefficient (Wildman–Crippen LogP) is 3.96. The molecule has 0 aliphatic carbocycles. The Morgan fingerprint density at radius 1 is 1.14 bits per heavy atom. The van der Waals surface area contributed by atoms with Crippen molar-refractivity contribution in [2.75, 3.05) is 7.11 Å². The summed E-state index contributed by atoms with van der Waals surface area (Å²) in [6.45, 7) is 0. The molecule has 0 bridgehead atoms. The fourth-order valence-electron chi connectivity index (χ4n) is 2.81. The van der Waals surface area contributed by atoms with Crippen molar-refractivity contribution in [3.8, 4) is 22.8 Å². The normalized spacial score (nSPS) is 10.9. The zero-order valence-electron chi connectivity index (χ0n) is 14.7. The summed E-state index contributed by atoms with van der Waals surface area (Å²) in [5, 5.41) is 23.3. The van der Waals surface area contributed by atoms with E-state index < -0.39 is 11.8 Å². The van der Waals surface area contributed by atoms with Gasteiger partial charge in [-0.15, -0.1) is 0 Å². The van der Waals surface area contributed by atoms with Crippen molar-refractivity contribution in [3.63, 3.8) is 0 Å². The van der Waals surface area contributed by atoms with Gasteiger partial charge in [-0.1, -0.05) is 36.0 Å². The molecule has 0 unspecified atom stereocenters. The van der Waals surface area contributed by atoms with E-state index in [2.05, 4.69) is 10.1 Å². The van der Waals surface area contributed by atoms with E-state index in [1.54, 1.807) is 18.9 Å². The average molecular weight is 393 g/mol. The molecule has 2 aromatic carbocycles. The summed E-state index contributed by atoms with van der Waals surface area (Å²) in [4.78, 5) is 17.4. The van der Waals surface area contributed by atoms with E-state index in [1.165, 1.54) is 6.20 Å². The first kappa shape index (κ1) is 17.9. The van der Waals surface area contributed by atoms with Gasteiger partial charge in [0, 0.05) is 16.7 Å². The number of aromatic carboxylic acids is 1. The standard InChI is InChI=1S/C20H15N3O4S/c1-27-16-9-12(7-8-17(16)28-13-5-3-2-4-6-13)14-11-22-23-18(14)21-10-15(19(23)24)20(25)26/h2-11,24H,1H3,(H,25,26). The Morgan fingerprint density at radius 3 is 2.64 bits per heavy atom. The van der Waals surface area contributed by atoms with Crippen LogP contribution in [0.1, 0.15) is 10.4 Å². The van der Waals surface area contributed by atoms with Crippen molar-refractivity contribution in [2.24, 2.45) is 0 Å². The van der Waals surface area contributed by atoms with Crippen molar-refractivity contribution in [1.29, 1.82) is 0 Å². The topological polar surface area (TPSA) is 97.0 Å². The van der Waals surface area contributed by atoms with Crippen LogP contribution in [0.4, 0.5) is 0 Å². The molecule has 0 saturated heterocycles. The van der Waals surface area contributed by atoms with Crippen LogP contribution in [0.15, 0.2) is 70.7 Å². The molecule has 0 amide bonds. The number of benzene rings is 2. The predicted molar refractivity (Wildman–Crippen MR) is 104 cm³/mol. The molecule has 7 nitrogen and oxygen atoms in total. The second kappa shape index (κ2) is 7.24. The Morgan fingerprint density at radius 2 is 1.93 bits per heavy atom. The number of fused-ring (bicyclic) bond motifs is 1. The fraction of sp³-hybridized carbons (Fsp3) is 0.0500. The fourth-order valence-corrected chi connectivity index (χ4v) is 3.73. The van der Waals surface area contributed by atoms with E-state index in [4.69, 9.17) is 9.84 Å². The maximum Gasteiger partial charge on any atom is 0.342 e. The van der Waals surface area contributed by atoms with Gasteiger partial charge in [0.05, 0.1) is 18.2 Å². The van der Waals surface area contributed by atoms with Gasteiger partial charge in [0.1, 0.15) is 11.3 Å². The first-order chi connectivity index (χ1) is 13.6. The third kappa shape index (κ3) is 3.14. The summed E-state index contributed by atoms with van der Waals surface area (Å²) in [5.74, 6) is -1.04. The molecule has 0 radical (unpaired) electrons. The van der Waals surface area contributed by atoms with Crippen LogP contribution in [0.25, 0.3) is 16.8 Å². The van der Waals surface area contributed by atoms with Gasteiger partial charge in [0.15, 0.2) is 5.65 Å². The Labute approximate surface area is 164 Å². The number of aromatic nitrogens is 3. The van der Waals surface area contributed by atoms with Gasteiger partial charge in [-0.2, -0.15) is 9.61 Å². The maximum absolute atomic E-state index is 11.2. The van der Waals surface area contributed by atoms with E-state index in [0.29, 0.717) is 17.0 Å². The van der Waals surface area contributed by atoms with Crippen LogP contribution in [0.3, 0.4) is 0 Å². The number of hydrogen-bond donors (Lipinski definition) is 2. The van der Waals surface area contributed by atoms with Gasteiger partial charge in [-0.3, -0.25) is 0 Å². The largest absolute Gasteiger partial charge is 0.496 e. The van der Waals surface area contributed by atoms with E-state index in [9.17, 15) is 9.90 Å². The molecule has 8 heteroatoms. The van der Waals surface area contributed by atoms with Crippen LogP contribution >= 0.6 is 11.8 Å². The highest BCUT2D eigenvalue weighted by Crippen LogP contribution is 2.38. The molecule has 28 heavy (non-hydrogen) atoms. The van der Waals surface area contributed by atoms with Crippen LogP contribution in [0.2, 0.25) is 0 Å². The van der Waals surface area contributed by atoms with Crippen LogP contribution in [0.5, 0.6) is 11.6 Å². The molecule has 0 fully saturated rings. The van der Waals surface area contributed by atoms with Gasteiger partial charge in [-0.25, -0.2) is 9.78 Å². The highest BCUT2D eigenvalue weighted by molar-refractivity contribution is 7.99. The minimum absolute atomic E-state index is 0.311. The van der Waals surface area contributed by atoms with Crippen molar-refractivity contribution >= 4 is 23.4 Å². The summed E-state index contributed by atoms with van der Waals surface area (Å²) >= 11 is 1.59. The molecule has 0 atom stereocenters. The number of carboxylic acid groups (broad SMARTS) is 1. The van der Waals surface area contributed by atoms with Crippen molar-refractivity contribution in [3.05, 3.63) is 66.5 Å². The molecular formula is C20H15N3O4S. The Hall–Kier alpha value is -3.52. The highest BCUT2D eigenvalue weighted by Gasteiger charge is 2.18. The minimum Gasteiger partial charge on any atom is -0.496 e. The SMILES string of the molecule is COc1cc(-c2cnn3c(O)c(C(=O)O)cnc23)ccc1Sc1ccccc1. The number of nitrogens with zero attached hydrogens (tertiary/aromatic N) is 3. The van der Waals surface area contributed by atoms with Crippen LogP contribution in [0, 0.1) is 0 Å². The quantitative estimate of drug-likeness (QED) is 0.530. The number of carbonyl (C=O) groups is 1. The third-order valence-electron chi connectivity index (χ3n) is 4.18. The molecule has 4 aromatic rings. The van der Waals surface area contributed by atoms with E-state index in [-0.39, 0.29) is 5.56 Å². The third-order valence-corrected chi connectivity index (χ3v) is 5.24. The zero-order chi connectivity index (χ0) is 19.7. The number of carboxylic acids is 1. The van der Waals surface area contributed by atoms with Crippen molar-refractivity contribution < 1.29 is 19.7 Å². The van der Waals surface area contributed by atoms with Gasteiger partial charge >= 0.3 is 5.97 Å². The van der Waals surface area contributed by atoms with Gasteiger partial charge < -0.3 is 14.9 Å². The van der Waals surface area contributed by atoms with E-state index >= 15 is 0 Å². The summed E-state index contributed by atoms with van der Waals surface area (Å²) in [5.41, 5.74) is 1.49. The number of methoxy groups -OCH3 is 1. The van der Waals surface area contributed by atoms with E-state index in [0.717, 1.165) is 26.1 Å². The average Bonchev–Trinajstić information content (AvgIpc) is 3.14. The second-order valence-electron chi connectivity index (χ2n) is 5.88. The molecule has 0 aliphatic rings. The number of hydrogen-bond acceptors (Lipinski definition) is 6. The van der Waals surface area contributed by atoms with Crippen molar-refractivity contribution in [2.45, 2.75) is 9.79 Å². The lowest BCUT2D eigenvalue weighted by molar-refractivity contribution is 0.0692. The maximum atomic E-state index is 11.2. The summed E-state index contributed by atoms with van der Waals surface area (Å²) in [6.07, 6.45) is 2.65. The molecule has 2 aromatic heterocycles. The molecule has 4 rings (SSSR count). The molecular weight excluding hydrogens is 378 g/mol. The molecule has 0 spiro atoms. The summed E-state index contributed by atoms with van der Waals surface area (Å²) < 4.78 is 6.66. The Bertz CT molecular complexity index is 1180. The summed E-state index contributed by atoms with van der Waals surface area (Å²) in [6, 6.07) is 15.7. The first-order valence-electron chi connectivity index (χ1n) is 8.29. The van der Waals surface area contributed by atoms with Gasteiger partial charge in [0.2, 0.25) is 5.88 Å². The Kier molecular flexibility index (Phi) is 4.62. The molecule has 2 heterocycles. The first-order valence-corrected chi connectivity index (χ1v) is 9.10. The number of aromatic hydroxyl groups is 1. The zero-order valence-corrected chi connectivity index (χ0v) is 15.6. The van der Waals surface area contributed by atoms with Gasteiger partial charge in [0.25, 0.3) is 0 Å². The minimum atomic E-state index is -1.27. The van der Waals surface area contributed by atoms with Gasteiger partial charge in [-0.05, 0) is 29.8 Å². The van der Waals surface area contributed by atoms with Crippen molar-refractivity contribution in [1.82, 2.24) is 14.6 Å². The van der Waals surface area contributed by atoms with Crippen LogP contribution in [-0.4, -0.2) is 37.9 Å². The number of ether oxygens (including phenoxy) is 1. The summed E-state index contributed by atoms with van der Waals surface area (Å²) in [7, 11) is 1.60. The lowest BCUT2D eigenvalue weighted by atomic mass is 10.1. The monoisotopic (exact) mass is 393 g/mol.